The van der Waals surface area contributed by atoms with Crippen molar-refractivity contribution in [2.45, 2.75) is 0 Å². The molecule has 1 aromatic carbocycles. The topological polar surface area (TPSA) is 52.1 Å². The number of hydrogen-bond donors (Lipinski definition) is 0. The van der Waals surface area contributed by atoms with E-state index in [-0.39, 0.29) is 11.5 Å². The average molecular weight is 249 g/mol. The molecule has 0 amide bonds. The lowest BCUT2D eigenvalue weighted by atomic mass is 10.1. The van der Waals surface area contributed by atoms with Gasteiger partial charge in [0, 0.05) is 16.7 Å². The predicted octanol–water partition coefficient (Wildman–Crippen LogP) is 2.37. The highest BCUT2D eigenvalue weighted by molar-refractivity contribution is 6.30. The molecule has 17 heavy (non-hydrogen) atoms. The van der Waals surface area contributed by atoms with Crippen molar-refractivity contribution < 1.29 is 9.53 Å². The van der Waals surface area contributed by atoms with Gasteiger partial charge in [-0.15, -0.1) is 10.2 Å². The van der Waals surface area contributed by atoms with E-state index < -0.39 is 0 Å². The van der Waals surface area contributed by atoms with E-state index in [1.165, 1.54) is 7.11 Å². The van der Waals surface area contributed by atoms with Crippen LogP contribution in [0.3, 0.4) is 0 Å². The maximum absolute atomic E-state index is 12.0. The van der Waals surface area contributed by atoms with Crippen molar-refractivity contribution in [2.75, 3.05) is 7.11 Å². The van der Waals surface area contributed by atoms with Gasteiger partial charge in [0.25, 0.3) is 0 Å². The lowest BCUT2D eigenvalue weighted by Gasteiger charge is -2.01. The first-order valence-electron chi connectivity index (χ1n) is 4.88. The second-order valence-electron chi connectivity index (χ2n) is 3.30. The van der Waals surface area contributed by atoms with Crippen LogP contribution in [0.2, 0.25) is 5.02 Å². The van der Waals surface area contributed by atoms with E-state index in [0.29, 0.717) is 16.5 Å². The van der Waals surface area contributed by atoms with Crippen LogP contribution in [0.5, 0.6) is 5.88 Å². The smallest absolute Gasteiger partial charge is 0.233 e. The number of nitrogens with zero attached hydrogens (tertiary/aromatic N) is 2. The number of carbonyl (C=O) groups is 1. The van der Waals surface area contributed by atoms with Gasteiger partial charge in [-0.2, -0.15) is 0 Å². The van der Waals surface area contributed by atoms with E-state index in [4.69, 9.17) is 16.3 Å². The second kappa shape index (κ2) is 4.93. The number of halogens is 1. The molecule has 0 saturated carbocycles. The summed E-state index contributed by atoms with van der Waals surface area (Å²) >= 11 is 5.75. The Labute approximate surface area is 103 Å². The van der Waals surface area contributed by atoms with Gasteiger partial charge in [0.15, 0.2) is 0 Å². The largest absolute Gasteiger partial charge is 0.480 e. The van der Waals surface area contributed by atoms with Gasteiger partial charge < -0.3 is 4.74 Å². The maximum Gasteiger partial charge on any atom is 0.233 e. The molecule has 0 N–H and O–H groups in total. The number of rotatable bonds is 3. The van der Waals surface area contributed by atoms with Gasteiger partial charge in [0.05, 0.1) is 7.11 Å². The van der Waals surface area contributed by atoms with E-state index in [1.54, 1.807) is 36.4 Å². The van der Waals surface area contributed by atoms with E-state index in [2.05, 4.69) is 10.2 Å². The van der Waals surface area contributed by atoms with Crippen molar-refractivity contribution in [3.63, 3.8) is 0 Å². The number of carbonyl (C=O) groups excluding carboxylic acids is 1. The number of hydrogen-bond acceptors (Lipinski definition) is 4. The normalized spacial score (nSPS) is 10.0. The summed E-state index contributed by atoms with van der Waals surface area (Å²) < 4.78 is 4.87. The molecule has 5 heteroatoms. The highest BCUT2D eigenvalue weighted by Crippen LogP contribution is 2.13. The molecule has 0 radical (unpaired) electrons. The zero-order chi connectivity index (χ0) is 12.3. The van der Waals surface area contributed by atoms with Crippen molar-refractivity contribution in [3.05, 3.63) is 52.7 Å². The van der Waals surface area contributed by atoms with Crippen molar-refractivity contribution in [1.82, 2.24) is 10.2 Å². The minimum absolute atomic E-state index is 0.197. The third kappa shape index (κ3) is 2.60. The summed E-state index contributed by atoms with van der Waals surface area (Å²) in [6.07, 6.45) is 0. The number of ether oxygens (including phenoxy) is 1. The van der Waals surface area contributed by atoms with Crippen LogP contribution in [0.4, 0.5) is 0 Å². The molecule has 0 atom stereocenters. The Balaban J connectivity index is 2.27. The lowest BCUT2D eigenvalue weighted by molar-refractivity contribution is 0.103. The first-order chi connectivity index (χ1) is 8.20. The summed E-state index contributed by atoms with van der Waals surface area (Å²) in [4.78, 5) is 12.0. The van der Waals surface area contributed by atoms with Crippen molar-refractivity contribution >= 4 is 17.4 Å². The summed E-state index contributed by atoms with van der Waals surface area (Å²) in [5.74, 6) is 0.175. The first kappa shape index (κ1) is 11.5. The van der Waals surface area contributed by atoms with E-state index in [9.17, 15) is 4.79 Å². The van der Waals surface area contributed by atoms with Crippen LogP contribution in [-0.4, -0.2) is 23.1 Å². The SMILES string of the molecule is COc1ccc(C(=O)c2ccc(Cl)cc2)nn1. The number of ketones is 1. The van der Waals surface area contributed by atoms with Crippen LogP contribution in [-0.2, 0) is 0 Å². The van der Waals surface area contributed by atoms with Crippen molar-refractivity contribution in [2.24, 2.45) is 0 Å². The Bertz CT molecular complexity index is 523. The first-order valence-corrected chi connectivity index (χ1v) is 5.26. The highest BCUT2D eigenvalue weighted by Gasteiger charge is 2.11. The fourth-order valence-corrected chi connectivity index (χ4v) is 1.43. The molecule has 1 aromatic heterocycles. The van der Waals surface area contributed by atoms with Gasteiger partial charge in [-0.25, -0.2) is 0 Å². The number of methoxy groups -OCH3 is 1. The van der Waals surface area contributed by atoms with E-state index >= 15 is 0 Å². The monoisotopic (exact) mass is 248 g/mol. The summed E-state index contributed by atoms with van der Waals surface area (Å²) in [5.41, 5.74) is 0.794. The molecule has 0 aliphatic carbocycles. The minimum atomic E-state index is -0.197. The Morgan fingerprint density at radius 2 is 1.82 bits per heavy atom. The van der Waals surface area contributed by atoms with Gasteiger partial charge in [0.2, 0.25) is 11.7 Å². The molecule has 0 aliphatic heterocycles. The molecular formula is C12H9ClN2O2. The third-order valence-electron chi connectivity index (χ3n) is 2.19. The molecular weight excluding hydrogens is 240 g/mol. The van der Waals surface area contributed by atoms with Crippen molar-refractivity contribution in [1.29, 1.82) is 0 Å². The van der Waals surface area contributed by atoms with E-state index in [1.807, 2.05) is 0 Å². The summed E-state index contributed by atoms with van der Waals surface area (Å²) in [5, 5.41) is 8.12. The third-order valence-corrected chi connectivity index (χ3v) is 2.44. The molecule has 0 bridgehead atoms. The van der Waals surface area contributed by atoms with E-state index in [0.717, 1.165) is 0 Å². The fourth-order valence-electron chi connectivity index (χ4n) is 1.30. The Kier molecular flexibility index (Phi) is 3.35. The van der Waals surface area contributed by atoms with Gasteiger partial charge in [-0.1, -0.05) is 11.6 Å². The van der Waals surface area contributed by atoms with Crippen LogP contribution in [0, 0.1) is 0 Å². The zero-order valence-electron chi connectivity index (χ0n) is 9.05. The van der Waals surface area contributed by atoms with Gasteiger partial charge in [0.1, 0.15) is 5.69 Å². The lowest BCUT2D eigenvalue weighted by Crippen LogP contribution is -2.05. The summed E-state index contributed by atoms with van der Waals surface area (Å²) in [6, 6.07) is 9.78. The Morgan fingerprint density at radius 3 is 2.35 bits per heavy atom. The minimum Gasteiger partial charge on any atom is -0.480 e. The zero-order valence-corrected chi connectivity index (χ0v) is 9.81. The molecule has 0 unspecified atom stereocenters. The van der Waals surface area contributed by atoms with Gasteiger partial charge in [-0.3, -0.25) is 4.79 Å². The number of aromatic nitrogens is 2. The van der Waals surface area contributed by atoms with Crippen LogP contribution in [0.1, 0.15) is 16.1 Å². The Morgan fingerprint density at radius 1 is 1.12 bits per heavy atom. The van der Waals surface area contributed by atoms with Crippen LogP contribution in [0.25, 0.3) is 0 Å². The molecule has 2 aromatic rings. The van der Waals surface area contributed by atoms with Crippen LogP contribution in [0.15, 0.2) is 36.4 Å². The second-order valence-corrected chi connectivity index (χ2v) is 3.73. The molecule has 1 heterocycles. The summed E-state index contributed by atoms with van der Waals surface area (Å²) in [7, 11) is 1.49. The molecule has 0 aliphatic rings. The molecule has 0 spiro atoms. The highest BCUT2D eigenvalue weighted by atomic mass is 35.5. The molecule has 0 fully saturated rings. The van der Waals surface area contributed by atoms with Gasteiger partial charge >= 0.3 is 0 Å². The quantitative estimate of drug-likeness (QED) is 0.783. The van der Waals surface area contributed by atoms with Crippen molar-refractivity contribution in [3.8, 4) is 5.88 Å². The van der Waals surface area contributed by atoms with Crippen LogP contribution < -0.4 is 4.74 Å². The fraction of sp³-hybridized carbons (Fsp3) is 0.0833. The standard InChI is InChI=1S/C12H9ClN2O2/c1-17-11-7-6-10(14-15-11)12(16)8-2-4-9(13)5-3-8/h2-7H,1H3. The van der Waals surface area contributed by atoms with Gasteiger partial charge in [-0.05, 0) is 30.3 Å². The van der Waals surface area contributed by atoms with Crippen LogP contribution >= 0.6 is 11.6 Å². The molecule has 86 valence electrons. The summed E-state index contributed by atoms with van der Waals surface area (Å²) in [6.45, 7) is 0. The maximum atomic E-state index is 12.0. The number of benzene rings is 1. The predicted molar refractivity (Wildman–Crippen MR) is 63.5 cm³/mol. The Hall–Kier alpha value is -1.94. The molecule has 0 saturated heterocycles. The molecule has 2 rings (SSSR count). The average Bonchev–Trinajstić information content (AvgIpc) is 2.39. The molecule has 4 nitrogen and oxygen atoms in total.